The van der Waals surface area contributed by atoms with Crippen LogP contribution in [0, 0.1) is 0 Å². The average Bonchev–Trinajstić information content (AvgIpc) is 2.62. The Morgan fingerprint density at radius 3 is 2.14 bits per heavy atom. The number of halogens is 1. The highest BCUT2D eigenvalue weighted by Gasteiger charge is 2.18. The van der Waals surface area contributed by atoms with Crippen molar-refractivity contribution in [2.24, 2.45) is 0 Å². The summed E-state index contributed by atoms with van der Waals surface area (Å²) in [6, 6.07) is 7.16. The molecule has 1 N–H and O–H groups in total. The Kier molecular flexibility index (Phi) is 11.2. The van der Waals surface area contributed by atoms with Gasteiger partial charge < -0.3 is 9.47 Å². The quantitative estimate of drug-likeness (QED) is 0.237. The molecule has 0 heterocycles. The third-order valence-electron chi connectivity index (χ3n) is 4.18. The van der Waals surface area contributed by atoms with E-state index in [1.54, 1.807) is 12.1 Å². The lowest BCUT2D eigenvalue weighted by atomic mass is 10.0. The average molecular weight is 456 g/mol. The first kappa shape index (κ1) is 24.5. The van der Waals surface area contributed by atoms with Crippen molar-refractivity contribution in [2.75, 3.05) is 17.3 Å². The summed E-state index contributed by atoms with van der Waals surface area (Å²) in [5.41, 5.74) is 0.934. The Bertz CT molecular complexity index is 596. The van der Waals surface area contributed by atoms with Gasteiger partial charge in [-0.05, 0) is 58.2 Å². The number of esters is 1. The van der Waals surface area contributed by atoms with Crippen LogP contribution in [0.4, 0.5) is 10.5 Å². The lowest BCUT2D eigenvalue weighted by molar-refractivity contribution is -0.145. The molecule has 0 aliphatic carbocycles. The van der Waals surface area contributed by atoms with E-state index in [1.165, 1.54) is 25.7 Å². The van der Waals surface area contributed by atoms with Crippen LogP contribution in [0.15, 0.2) is 24.3 Å². The van der Waals surface area contributed by atoms with Crippen molar-refractivity contribution in [1.82, 2.24) is 0 Å². The van der Waals surface area contributed by atoms with Crippen LogP contribution in [0.2, 0.25) is 0 Å². The van der Waals surface area contributed by atoms with Crippen LogP contribution in [0.25, 0.3) is 0 Å². The SMILES string of the molecule is CC(C(=O)OCCCCCCCCBr)c1ccc(NC(=O)OC(C)(C)C)cc1. The number of alkyl halides is 1. The number of benzene rings is 1. The Hall–Kier alpha value is -1.56. The van der Waals surface area contributed by atoms with Crippen LogP contribution >= 0.6 is 15.9 Å². The highest BCUT2D eigenvalue weighted by Crippen LogP contribution is 2.20. The molecule has 1 rings (SSSR count). The molecule has 1 aromatic rings. The van der Waals surface area contributed by atoms with E-state index in [2.05, 4.69) is 21.2 Å². The molecule has 0 spiro atoms. The van der Waals surface area contributed by atoms with Crippen molar-refractivity contribution in [2.45, 2.75) is 77.7 Å². The minimum absolute atomic E-state index is 0.216. The van der Waals surface area contributed by atoms with E-state index in [-0.39, 0.29) is 11.9 Å². The number of unbranched alkanes of at least 4 members (excludes halogenated alkanes) is 5. The predicted molar refractivity (Wildman–Crippen MR) is 117 cm³/mol. The summed E-state index contributed by atoms with van der Waals surface area (Å²) in [5, 5.41) is 3.75. The predicted octanol–water partition coefficient (Wildman–Crippen LogP) is 6.42. The highest BCUT2D eigenvalue weighted by molar-refractivity contribution is 9.09. The van der Waals surface area contributed by atoms with E-state index in [1.807, 2.05) is 39.8 Å². The molecule has 0 aromatic heterocycles. The first-order chi connectivity index (χ1) is 13.2. The van der Waals surface area contributed by atoms with Gasteiger partial charge in [0.1, 0.15) is 5.60 Å². The van der Waals surface area contributed by atoms with E-state index in [4.69, 9.17) is 9.47 Å². The number of nitrogens with one attached hydrogen (secondary N) is 1. The number of anilines is 1. The molecule has 6 heteroatoms. The van der Waals surface area contributed by atoms with Crippen LogP contribution in [0.3, 0.4) is 0 Å². The van der Waals surface area contributed by atoms with E-state index in [0.717, 1.165) is 23.7 Å². The summed E-state index contributed by atoms with van der Waals surface area (Å²) in [5.74, 6) is -0.554. The second-order valence-corrected chi connectivity index (χ2v) is 8.74. The molecular formula is C22H34BrNO4. The topological polar surface area (TPSA) is 64.6 Å². The van der Waals surface area contributed by atoms with Crippen molar-refractivity contribution in [1.29, 1.82) is 0 Å². The maximum Gasteiger partial charge on any atom is 0.412 e. The van der Waals surface area contributed by atoms with Crippen LogP contribution < -0.4 is 5.32 Å². The van der Waals surface area contributed by atoms with Crippen molar-refractivity contribution in [3.63, 3.8) is 0 Å². The number of hydrogen-bond donors (Lipinski definition) is 1. The molecule has 0 radical (unpaired) electrons. The zero-order valence-corrected chi connectivity index (χ0v) is 19.1. The van der Waals surface area contributed by atoms with Gasteiger partial charge in [0.25, 0.3) is 0 Å². The summed E-state index contributed by atoms with van der Waals surface area (Å²) in [6.45, 7) is 7.74. The summed E-state index contributed by atoms with van der Waals surface area (Å²) < 4.78 is 10.6. The Balaban J connectivity index is 2.34. The molecular weight excluding hydrogens is 422 g/mol. The molecule has 1 aromatic carbocycles. The Morgan fingerprint density at radius 1 is 1.00 bits per heavy atom. The summed E-state index contributed by atoms with van der Waals surface area (Å²) in [7, 11) is 0. The fraction of sp³-hybridized carbons (Fsp3) is 0.636. The molecule has 158 valence electrons. The molecule has 0 saturated heterocycles. The zero-order valence-electron chi connectivity index (χ0n) is 17.6. The molecule has 1 atom stereocenters. The minimum Gasteiger partial charge on any atom is -0.465 e. The molecule has 0 fully saturated rings. The third-order valence-corrected chi connectivity index (χ3v) is 4.74. The molecule has 28 heavy (non-hydrogen) atoms. The maximum atomic E-state index is 12.2. The summed E-state index contributed by atoms with van der Waals surface area (Å²) in [6.07, 6.45) is 6.39. The van der Waals surface area contributed by atoms with Crippen molar-refractivity contribution in [3.05, 3.63) is 29.8 Å². The van der Waals surface area contributed by atoms with Gasteiger partial charge in [-0.3, -0.25) is 10.1 Å². The zero-order chi connectivity index (χ0) is 21.0. The number of ether oxygens (including phenoxy) is 2. The minimum atomic E-state index is -0.546. The van der Waals surface area contributed by atoms with Crippen LogP contribution in [-0.2, 0) is 14.3 Å². The maximum absolute atomic E-state index is 12.2. The fourth-order valence-corrected chi connectivity index (χ4v) is 3.01. The van der Waals surface area contributed by atoms with Gasteiger partial charge in [-0.2, -0.15) is 0 Å². The van der Waals surface area contributed by atoms with Crippen LogP contribution in [-0.4, -0.2) is 29.6 Å². The lowest BCUT2D eigenvalue weighted by Gasteiger charge is -2.19. The number of carbonyl (C=O) groups is 2. The normalized spacial score (nSPS) is 12.3. The van der Waals surface area contributed by atoms with E-state index in [9.17, 15) is 9.59 Å². The Morgan fingerprint density at radius 2 is 1.57 bits per heavy atom. The monoisotopic (exact) mass is 455 g/mol. The fourth-order valence-electron chi connectivity index (χ4n) is 2.61. The smallest absolute Gasteiger partial charge is 0.412 e. The van der Waals surface area contributed by atoms with Gasteiger partial charge in [0.2, 0.25) is 0 Å². The van der Waals surface area contributed by atoms with Crippen molar-refractivity contribution in [3.8, 4) is 0 Å². The molecule has 0 aliphatic rings. The van der Waals surface area contributed by atoms with E-state index >= 15 is 0 Å². The first-order valence-electron chi connectivity index (χ1n) is 10.1. The summed E-state index contributed by atoms with van der Waals surface area (Å²) in [4.78, 5) is 24.0. The number of hydrogen-bond acceptors (Lipinski definition) is 4. The van der Waals surface area contributed by atoms with Crippen LogP contribution in [0.5, 0.6) is 0 Å². The van der Waals surface area contributed by atoms with Gasteiger partial charge in [-0.25, -0.2) is 4.79 Å². The molecule has 1 unspecified atom stereocenters. The van der Waals surface area contributed by atoms with Gasteiger partial charge in [-0.1, -0.05) is 53.7 Å². The molecule has 5 nitrogen and oxygen atoms in total. The van der Waals surface area contributed by atoms with Gasteiger partial charge in [0.15, 0.2) is 0 Å². The molecule has 1 amide bonds. The Labute approximate surface area is 177 Å². The molecule has 0 bridgehead atoms. The van der Waals surface area contributed by atoms with E-state index < -0.39 is 11.7 Å². The van der Waals surface area contributed by atoms with Crippen molar-refractivity contribution >= 4 is 33.7 Å². The molecule has 0 saturated carbocycles. The number of rotatable bonds is 11. The first-order valence-corrected chi connectivity index (χ1v) is 11.2. The van der Waals surface area contributed by atoms with Crippen molar-refractivity contribution < 1.29 is 19.1 Å². The second kappa shape index (κ2) is 12.8. The largest absolute Gasteiger partial charge is 0.465 e. The van der Waals surface area contributed by atoms with Gasteiger partial charge >= 0.3 is 12.1 Å². The van der Waals surface area contributed by atoms with Crippen LogP contribution in [0.1, 0.15) is 77.7 Å². The third kappa shape index (κ3) is 10.7. The van der Waals surface area contributed by atoms with E-state index in [0.29, 0.717) is 12.3 Å². The highest BCUT2D eigenvalue weighted by atomic mass is 79.9. The van der Waals surface area contributed by atoms with Gasteiger partial charge in [0, 0.05) is 11.0 Å². The lowest BCUT2D eigenvalue weighted by Crippen LogP contribution is -2.27. The molecule has 0 aliphatic heterocycles. The summed E-state index contributed by atoms with van der Waals surface area (Å²) >= 11 is 3.44. The second-order valence-electron chi connectivity index (χ2n) is 7.95. The van der Waals surface area contributed by atoms with Gasteiger partial charge in [-0.15, -0.1) is 0 Å². The number of amides is 1. The number of carbonyl (C=O) groups excluding carboxylic acids is 2. The standard InChI is InChI=1S/C22H34BrNO4/c1-17(20(25)27-16-10-8-6-5-7-9-15-23)18-11-13-19(14-12-18)24-21(26)28-22(2,3)4/h11-14,17H,5-10,15-16H2,1-4H3,(H,24,26). The van der Waals surface area contributed by atoms with Gasteiger partial charge in [0.05, 0.1) is 12.5 Å².